The molecule has 4 nitrogen and oxygen atoms in total. The highest BCUT2D eigenvalue weighted by Crippen LogP contribution is 1.72. The summed E-state index contributed by atoms with van der Waals surface area (Å²) in [6.07, 6.45) is 3.45. The lowest BCUT2D eigenvalue weighted by Gasteiger charge is -1.74. The van der Waals surface area contributed by atoms with E-state index in [1.807, 2.05) is 0 Å². The average Bonchev–Trinajstić information content (AvgIpc) is 1.80. The van der Waals surface area contributed by atoms with Gasteiger partial charge in [-0.15, -0.1) is 0 Å². The summed E-state index contributed by atoms with van der Waals surface area (Å²) in [5.74, 6) is -1.05. The van der Waals surface area contributed by atoms with E-state index in [0.29, 0.717) is 0 Å². The molecular formula is C5H5NO3. The second kappa shape index (κ2) is 4.74. The van der Waals surface area contributed by atoms with Crippen LogP contribution in [-0.4, -0.2) is 23.7 Å². The first-order chi connectivity index (χ1) is 4.27. The molecule has 0 heterocycles. The Balaban J connectivity index is 3.48. The Hall–Kier alpha value is -1.41. The molecule has 0 bridgehead atoms. The lowest BCUT2D eigenvalue weighted by Crippen LogP contribution is -1.86. The SMILES string of the molecule is O=C=NCC=CC(=O)O. The first-order valence-corrected chi connectivity index (χ1v) is 2.20. The van der Waals surface area contributed by atoms with E-state index in [4.69, 9.17) is 5.11 Å². The third-order valence-electron chi connectivity index (χ3n) is 0.522. The number of nitrogens with zero attached hydrogens (tertiary/aromatic N) is 1. The molecule has 0 aromatic carbocycles. The van der Waals surface area contributed by atoms with Crippen LogP contribution >= 0.6 is 0 Å². The summed E-state index contributed by atoms with van der Waals surface area (Å²) in [7, 11) is 0. The molecule has 0 saturated heterocycles. The highest BCUT2D eigenvalue weighted by atomic mass is 16.4. The van der Waals surface area contributed by atoms with Crippen LogP contribution in [0.4, 0.5) is 0 Å². The summed E-state index contributed by atoms with van der Waals surface area (Å²) in [4.78, 5) is 22.2. The average molecular weight is 127 g/mol. The number of hydrogen-bond donors (Lipinski definition) is 1. The van der Waals surface area contributed by atoms with Crippen LogP contribution in [0.5, 0.6) is 0 Å². The molecule has 0 fully saturated rings. The van der Waals surface area contributed by atoms with Gasteiger partial charge >= 0.3 is 5.97 Å². The zero-order valence-corrected chi connectivity index (χ0v) is 4.57. The van der Waals surface area contributed by atoms with E-state index in [-0.39, 0.29) is 6.54 Å². The molecule has 0 radical (unpaired) electrons. The Morgan fingerprint density at radius 1 is 1.78 bits per heavy atom. The molecule has 0 aliphatic heterocycles. The first kappa shape index (κ1) is 7.59. The molecule has 0 aliphatic carbocycles. The summed E-state index contributed by atoms with van der Waals surface area (Å²) in [5.41, 5.74) is 0. The highest BCUT2D eigenvalue weighted by molar-refractivity contribution is 5.79. The van der Waals surface area contributed by atoms with Gasteiger partial charge in [-0.05, 0) is 0 Å². The molecular weight excluding hydrogens is 122 g/mol. The van der Waals surface area contributed by atoms with Crippen molar-refractivity contribution in [1.29, 1.82) is 0 Å². The maximum absolute atomic E-state index is 9.74. The molecule has 0 spiro atoms. The monoisotopic (exact) mass is 127 g/mol. The Labute approximate surface area is 51.5 Å². The van der Waals surface area contributed by atoms with Gasteiger partial charge in [-0.3, -0.25) is 0 Å². The number of carbonyl (C=O) groups excluding carboxylic acids is 1. The van der Waals surface area contributed by atoms with E-state index in [0.717, 1.165) is 6.08 Å². The van der Waals surface area contributed by atoms with Gasteiger partial charge in [0.2, 0.25) is 6.08 Å². The molecule has 0 atom stereocenters. The molecule has 0 aromatic heterocycles. The Kier molecular flexibility index (Phi) is 4.00. The summed E-state index contributed by atoms with van der Waals surface area (Å²) in [6, 6.07) is 0. The minimum absolute atomic E-state index is 0.0792. The van der Waals surface area contributed by atoms with E-state index >= 15 is 0 Å². The molecule has 4 heteroatoms. The van der Waals surface area contributed by atoms with Crippen molar-refractivity contribution >= 4 is 12.0 Å². The molecule has 0 amide bonds. The second-order valence-corrected chi connectivity index (χ2v) is 1.17. The molecule has 9 heavy (non-hydrogen) atoms. The summed E-state index contributed by atoms with van der Waals surface area (Å²) in [5, 5.41) is 7.99. The van der Waals surface area contributed by atoms with Crippen molar-refractivity contribution in [3.63, 3.8) is 0 Å². The van der Waals surface area contributed by atoms with Crippen LogP contribution in [0.1, 0.15) is 0 Å². The van der Waals surface area contributed by atoms with Crippen molar-refractivity contribution in [1.82, 2.24) is 0 Å². The van der Waals surface area contributed by atoms with Gasteiger partial charge in [0.15, 0.2) is 0 Å². The van der Waals surface area contributed by atoms with Crippen molar-refractivity contribution in [2.24, 2.45) is 4.99 Å². The van der Waals surface area contributed by atoms with Crippen LogP contribution < -0.4 is 0 Å². The number of carbonyl (C=O) groups is 1. The Morgan fingerprint density at radius 3 is 2.89 bits per heavy atom. The maximum atomic E-state index is 9.74. The molecule has 0 saturated carbocycles. The van der Waals surface area contributed by atoms with Gasteiger partial charge < -0.3 is 5.11 Å². The van der Waals surface area contributed by atoms with Gasteiger partial charge in [-0.2, -0.15) is 0 Å². The number of carboxylic acids is 1. The maximum Gasteiger partial charge on any atom is 0.328 e. The zero-order chi connectivity index (χ0) is 7.11. The predicted octanol–water partition coefficient (Wildman–Crippen LogP) is -0.0370. The number of aliphatic imine (C=N–C) groups is 1. The molecule has 0 rings (SSSR count). The van der Waals surface area contributed by atoms with Crippen LogP contribution in [0.25, 0.3) is 0 Å². The quantitative estimate of drug-likeness (QED) is 0.328. The molecule has 48 valence electrons. The molecule has 0 aliphatic rings. The largest absolute Gasteiger partial charge is 0.478 e. The van der Waals surface area contributed by atoms with Gasteiger partial charge in [0.05, 0.1) is 6.54 Å². The van der Waals surface area contributed by atoms with Gasteiger partial charge in [0, 0.05) is 6.08 Å². The van der Waals surface area contributed by atoms with Crippen molar-refractivity contribution in [2.75, 3.05) is 6.54 Å². The van der Waals surface area contributed by atoms with Crippen LogP contribution in [0.15, 0.2) is 17.1 Å². The molecule has 1 N–H and O–H groups in total. The number of isocyanates is 1. The minimum Gasteiger partial charge on any atom is -0.478 e. The third-order valence-corrected chi connectivity index (χ3v) is 0.522. The van der Waals surface area contributed by atoms with E-state index in [9.17, 15) is 9.59 Å². The summed E-state index contributed by atoms with van der Waals surface area (Å²) >= 11 is 0. The van der Waals surface area contributed by atoms with Crippen LogP contribution in [0.2, 0.25) is 0 Å². The number of aliphatic carboxylic acids is 1. The minimum atomic E-state index is -1.05. The summed E-state index contributed by atoms with van der Waals surface area (Å²) in [6.45, 7) is 0.0792. The number of carboxylic acid groups (broad SMARTS) is 1. The molecule has 0 unspecified atom stereocenters. The van der Waals surface area contributed by atoms with E-state index < -0.39 is 5.97 Å². The van der Waals surface area contributed by atoms with Crippen LogP contribution in [0, 0.1) is 0 Å². The molecule has 0 aromatic rings. The highest BCUT2D eigenvalue weighted by Gasteiger charge is 1.81. The topological polar surface area (TPSA) is 66.7 Å². The van der Waals surface area contributed by atoms with Gasteiger partial charge in [-0.25, -0.2) is 14.6 Å². The van der Waals surface area contributed by atoms with Crippen LogP contribution in [0.3, 0.4) is 0 Å². The van der Waals surface area contributed by atoms with Gasteiger partial charge in [0.1, 0.15) is 0 Å². The normalized spacial score (nSPS) is 8.89. The van der Waals surface area contributed by atoms with E-state index in [1.54, 1.807) is 0 Å². The van der Waals surface area contributed by atoms with Crippen LogP contribution in [-0.2, 0) is 9.59 Å². The Morgan fingerprint density at radius 2 is 2.44 bits per heavy atom. The fourth-order valence-corrected chi connectivity index (χ4v) is 0.243. The van der Waals surface area contributed by atoms with Gasteiger partial charge in [-0.1, -0.05) is 6.08 Å². The van der Waals surface area contributed by atoms with Crippen molar-refractivity contribution < 1.29 is 14.7 Å². The van der Waals surface area contributed by atoms with Gasteiger partial charge in [0.25, 0.3) is 0 Å². The second-order valence-electron chi connectivity index (χ2n) is 1.17. The number of hydrogen-bond acceptors (Lipinski definition) is 3. The Bertz CT molecular complexity index is 167. The lowest BCUT2D eigenvalue weighted by molar-refractivity contribution is -0.131. The van der Waals surface area contributed by atoms with Crippen molar-refractivity contribution in [3.05, 3.63) is 12.2 Å². The fraction of sp³-hybridized carbons (Fsp3) is 0.200. The standard InChI is InChI=1S/C5H5NO3/c7-4-6-3-1-2-5(8)9/h1-2H,3H2,(H,8,9). The number of rotatable bonds is 3. The summed E-state index contributed by atoms with van der Waals surface area (Å²) < 4.78 is 0. The van der Waals surface area contributed by atoms with Crippen molar-refractivity contribution in [3.8, 4) is 0 Å². The van der Waals surface area contributed by atoms with E-state index in [1.165, 1.54) is 12.2 Å². The lowest BCUT2D eigenvalue weighted by atomic mass is 10.5. The third kappa shape index (κ3) is 6.59. The fourth-order valence-electron chi connectivity index (χ4n) is 0.243. The van der Waals surface area contributed by atoms with E-state index in [2.05, 4.69) is 4.99 Å². The van der Waals surface area contributed by atoms with Crippen molar-refractivity contribution in [2.45, 2.75) is 0 Å². The first-order valence-electron chi connectivity index (χ1n) is 2.20. The smallest absolute Gasteiger partial charge is 0.328 e. The predicted molar refractivity (Wildman–Crippen MR) is 29.8 cm³/mol. The zero-order valence-electron chi connectivity index (χ0n) is 4.57.